The van der Waals surface area contributed by atoms with Gasteiger partial charge in [0.25, 0.3) is 0 Å². The number of nitrogens with one attached hydrogen (secondary N) is 1. The Morgan fingerprint density at radius 1 is 1.00 bits per heavy atom. The van der Waals surface area contributed by atoms with Gasteiger partial charge in [0, 0.05) is 11.4 Å². The molecule has 0 aliphatic heterocycles. The van der Waals surface area contributed by atoms with Gasteiger partial charge in [-0.25, -0.2) is 0 Å². The van der Waals surface area contributed by atoms with Crippen molar-refractivity contribution in [2.45, 2.75) is 37.7 Å². The van der Waals surface area contributed by atoms with Gasteiger partial charge in [0.2, 0.25) is 5.91 Å². The third kappa shape index (κ3) is 4.92. The first-order valence-electron chi connectivity index (χ1n) is 7.62. The lowest BCUT2D eigenvalue weighted by Gasteiger charge is -2.13. The van der Waals surface area contributed by atoms with Crippen LogP contribution < -0.4 is 5.32 Å². The van der Waals surface area contributed by atoms with E-state index in [0.717, 1.165) is 11.4 Å². The molecule has 2 nitrogen and oxygen atoms in total. The van der Waals surface area contributed by atoms with E-state index in [4.69, 9.17) is 0 Å². The molecule has 1 atom stereocenters. The van der Waals surface area contributed by atoms with Crippen LogP contribution in [0.5, 0.6) is 0 Å². The summed E-state index contributed by atoms with van der Waals surface area (Å²) < 4.78 is 0. The fourth-order valence-electron chi connectivity index (χ4n) is 2.07. The summed E-state index contributed by atoms with van der Waals surface area (Å²) in [5, 5.41) is 2.91. The molecular weight excluding hydrogens is 290 g/mol. The first kappa shape index (κ1) is 16.6. The Morgan fingerprint density at radius 2 is 1.64 bits per heavy atom. The molecule has 2 aromatic carbocycles. The minimum Gasteiger partial charge on any atom is -0.325 e. The molecule has 0 saturated carbocycles. The predicted molar refractivity (Wildman–Crippen MR) is 96.4 cm³/mol. The molecule has 1 amide bonds. The molecule has 0 saturated heterocycles. The maximum atomic E-state index is 12.2. The summed E-state index contributed by atoms with van der Waals surface area (Å²) in [6.07, 6.45) is 0. The summed E-state index contributed by atoms with van der Waals surface area (Å²) in [4.78, 5) is 12.2. The van der Waals surface area contributed by atoms with Crippen LogP contribution in [0, 0.1) is 0 Å². The van der Waals surface area contributed by atoms with Gasteiger partial charge in [-0.05, 0) is 36.1 Å². The lowest BCUT2D eigenvalue weighted by Crippen LogP contribution is -2.22. The Kier molecular flexibility index (Phi) is 6.08. The van der Waals surface area contributed by atoms with E-state index in [9.17, 15) is 4.79 Å². The number of thioether (sulfide) groups is 1. The van der Waals surface area contributed by atoms with Crippen molar-refractivity contribution in [1.82, 2.24) is 0 Å². The minimum atomic E-state index is -0.0787. The van der Waals surface area contributed by atoms with Crippen molar-refractivity contribution in [3.63, 3.8) is 0 Å². The van der Waals surface area contributed by atoms with E-state index in [1.54, 1.807) is 11.8 Å². The van der Waals surface area contributed by atoms with Crippen LogP contribution in [0.4, 0.5) is 5.69 Å². The van der Waals surface area contributed by atoms with E-state index < -0.39 is 0 Å². The summed E-state index contributed by atoms with van der Waals surface area (Å²) >= 11 is 1.65. The molecule has 116 valence electrons. The zero-order valence-electron chi connectivity index (χ0n) is 13.4. The second kappa shape index (κ2) is 8.04. The Morgan fingerprint density at radius 3 is 2.23 bits per heavy atom. The van der Waals surface area contributed by atoms with Crippen LogP contribution in [0.3, 0.4) is 0 Å². The van der Waals surface area contributed by atoms with Crippen molar-refractivity contribution < 1.29 is 4.79 Å². The highest BCUT2D eigenvalue weighted by molar-refractivity contribution is 7.99. The van der Waals surface area contributed by atoms with Crippen LogP contribution in [0.25, 0.3) is 0 Å². The van der Waals surface area contributed by atoms with Crippen molar-refractivity contribution in [3.05, 3.63) is 65.7 Å². The van der Waals surface area contributed by atoms with Crippen LogP contribution in [-0.4, -0.2) is 11.2 Å². The van der Waals surface area contributed by atoms with Gasteiger partial charge in [0.15, 0.2) is 0 Å². The van der Waals surface area contributed by atoms with E-state index in [1.807, 2.05) is 37.3 Å². The summed E-state index contributed by atoms with van der Waals surface area (Å²) in [5.74, 6) is 1.41. The van der Waals surface area contributed by atoms with Crippen LogP contribution in [0.15, 0.2) is 54.6 Å². The number of rotatable bonds is 6. The van der Waals surface area contributed by atoms with Crippen molar-refractivity contribution >= 4 is 23.4 Å². The molecule has 2 rings (SSSR count). The maximum Gasteiger partial charge on any atom is 0.237 e. The molecular formula is C19H23NOS. The molecule has 0 aliphatic rings. The molecule has 3 heteroatoms. The van der Waals surface area contributed by atoms with Gasteiger partial charge >= 0.3 is 0 Å². The summed E-state index contributed by atoms with van der Waals surface area (Å²) in [7, 11) is 0. The van der Waals surface area contributed by atoms with E-state index in [1.165, 1.54) is 11.1 Å². The van der Waals surface area contributed by atoms with Gasteiger partial charge < -0.3 is 5.32 Å². The number of benzene rings is 2. The highest BCUT2D eigenvalue weighted by Gasteiger charge is 2.13. The summed E-state index contributed by atoms with van der Waals surface area (Å²) in [5.41, 5.74) is 3.39. The van der Waals surface area contributed by atoms with Crippen LogP contribution in [-0.2, 0) is 10.5 Å². The van der Waals surface area contributed by atoms with Gasteiger partial charge in [-0.2, -0.15) is 0 Å². The Balaban J connectivity index is 1.85. The van der Waals surface area contributed by atoms with E-state index in [0.29, 0.717) is 5.92 Å². The predicted octanol–water partition coefficient (Wildman–Crippen LogP) is 5.07. The monoisotopic (exact) mass is 313 g/mol. The molecule has 2 aromatic rings. The largest absolute Gasteiger partial charge is 0.325 e. The Hall–Kier alpha value is -1.74. The van der Waals surface area contributed by atoms with E-state index in [-0.39, 0.29) is 11.2 Å². The Labute approximate surface area is 137 Å². The minimum absolute atomic E-state index is 0.0539. The molecule has 0 unspecified atom stereocenters. The average Bonchev–Trinajstić information content (AvgIpc) is 2.54. The fraction of sp³-hybridized carbons (Fsp3) is 0.316. The van der Waals surface area contributed by atoms with Gasteiger partial charge in [-0.1, -0.05) is 56.3 Å². The van der Waals surface area contributed by atoms with Gasteiger partial charge in [-0.3, -0.25) is 4.79 Å². The highest BCUT2D eigenvalue weighted by atomic mass is 32.2. The molecule has 0 fully saturated rings. The third-order valence-corrected chi connectivity index (χ3v) is 4.77. The van der Waals surface area contributed by atoms with Gasteiger partial charge in [-0.15, -0.1) is 11.8 Å². The summed E-state index contributed by atoms with van der Waals surface area (Å²) in [6, 6.07) is 18.3. The lowest BCUT2D eigenvalue weighted by atomic mass is 10.0. The van der Waals surface area contributed by atoms with E-state index in [2.05, 4.69) is 43.4 Å². The standard InChI is InChI=1S/C19H23NOS/c1-14(2)17-9-11-18(12-10-17)20-19(21)15(3)22-13-16-7-5-4-6-8-16/h4-12,14-15H,13H2,1-3H3,(H,20,21)/t15-/m1/s1. The summed E-state index contributed by atoms with van der Waals surface area (Å²) in [6.45, 7) is 6.27. The van der Waals surface area contributed by atoms with Gasteiger partial charge in [0.05, 0.1) is 5.25 Å². The van der Waals surface area contributed by atoms with Crippen molar-refractivity contribution in [3.8, 4) is 0 Å². The fourth-order valence-corrected chi connectivity index (χ4v) is 2.91. The molecule has 0 radical (unpaired) electrons. The van der Waals surface area contributed by atoms with Crippen LogP contribution >= 0.6 is 11.8 Å². The number of carbonyl (C=O) groups is 1. The number of hydrogen-bond donors (Lipinski definition) is 1. The number of amides is 1. The number of carbonyl (C=O) groups excluding carboxylic acids is 1. The highest BCUT2D eigenvalue weighted by Crippen LogP contribution is 2.20. The normalized spacial score (nSPS) is 12.2. The first-order valence-corrected chi connectivity index (χ1v) is 8.67. The first-order chi connectivity index (χ1) is 10.6. The Bertz CT molecular complexity index is 593. The maximum absolute atomic E-state index is 12.2. The average molecular weight is 313 g/mol. The number of hydrogen-bond acceptors (Lipinski definition) is 2. The zero-order valence-corrected chi connectivity index (χ0v) is 14.2. The molecule has 0 heterocycles. The molecule has 0 aliphatic carbocycles. The second-order valence-electron chi connectivity index (χ2n) is 5.70. The molecule has 0 bridgehead atoms. The van der Waals surface area contributed by atoms with Crippen LogP contribution in [0.1, 0.15) is 37.8 Å². The van der Waals surface area contributed by atoms with Crippen molar-refractivity contribution in [2.75, 3.05) is 5.32 Å². The number of anilines is 1. The quantitative estimate of drug-likeness (QED) is 0.806. The van der Waals surface area contributed by atoms with E-state index >= 15 is 0 Å². The van der Waals surface area contributed by atoms with Crippen molar-refractivity contribution in [1.29, 1.82) is 0 Å². The smallest absolute Gasteiger partial charge is 0.237 e. The molecule has 0 aromatic heterocycles. The van der Waals surface area contributed by atoms with Crippen LogP contribution in [0.2, 0.25) is 0 Å². The molecule has 0 spiro atoms. The molecule has 1 N–H and O–H groups in total. The SMILES string of the molecule is CC(C)c1ccc(NC(=O)[C@@H](C)SCc2ccccc2)cc1. The topological polar surface area (TPSA) is 29.1 Å². The third-order valence-electron chi connectivity index (χ3n) is 3.56. The van der Waals surface area contributed by atoms with Crippen molar-refractivity contribution in [2.24, 2.45) is 0 Å². The van der Waals surface area contributed by atoms with Gasteiger partial charge in [0.1, 0.15) is 0 Å². The molecule has 22 heavy (non-hydrogen) atoms. The lowest BCUT2D eigenvalue weighted by molar-refractivity contribution is -0.115. The second-order valence-corrected chi connectivity index (χ2v) is 7.03. The zero-order chi connectivity index (χ0) is 15.9.